The molecule has 6 heteroatoms. The van der Waals surface area contributed by atoms with Crippen LogP contribution in [-0.4, -0.2) is 71.6 Å². The number of urea groups is 1. The number of amides is 3. The fourth-order valence-corrected chi connectivity index (χ4v) is 4.63. The monoisotopic (exact) mass is 306 g/mol. The smallest absolute Gasteiger partial charge is 0.322 e. The SMILES string of the molecule is CC1CCN(CN2C(=O)NC3(CN4CCC3CC4)C2=O)CC1. The maximum Gasteiger partial charge on any atom is 0.326 e. The Balaban J connectivity index is 1.48. The summed E-state index contributed by atoms with van der Waals surface area (Å²) in [5.41, 5.74) is -0.628. The van der Waals surface area contributed by atoms with Gasteiger partial charge in [0.05, 0.1) is 6.67 Å². The Bertz CT molecular complexity index is 481. The summed E-state index contributed by atoms with van der Waals surface area (Å²) in [6, 6.07) is -0.183. The Morgan fingerprint density at radius 1 is 1.09 bits per heavy atom. The topological polar surface area (TPSA) is 55.9 Å². The van der Waals surface area contributed by atoms with Crippen LogP contribution in [0.15, 0.2) is 0 Å². The fourth-order valence-electron chi connectivity index (χ4n) is 4.63. The largest absolute Gasteiger partial charge is 0.326 e. The molecule has 5 aliphatic heterocycles. The first-order chi connectivity index (χ1) is 10.6. The molecule has 1 spiro atoms. The van der Waals surface area contributed by atoms with E-state index in [2.05, 4.69) is 22.0 Å². The number of hydrogen-bond donors (Lipinski definition) is 1. The lowest BCUT2D eigenvalue weighted by Gasteiger charge is -2.49. The summed E-state index contributed by atoms with van der Waals surface area (Å²) in [6.45, 7) is 7.55. The van der Waals surface area contributed by atoms with Crippen LogP contribution in [0.4, 0.5) is 4.79 Å². The highest BCUT2D eigenvalue weighted by Gasteiger charge is 2.59. The van der Waals surface area contributed by atoms with Crippen molar-refractivity contribution in [3.63, 3.8) is 0 Å². The second kappa shape index (κ2) is 5.20. The summed E-state index contributed by atoms with van der Waals surface area (Å²) >= 11 is 0. The molecule has 0 aromatic rings. The van der Waals surface area contributed by atoms with Crippen molar-refractivity contribution in [2.75, 3.05) is 39.4 Å². The second-order valence-electron chi connectivity index (χ2n) is 7.63. The van der Waals surface area contributed by atoms with Gasteiger partial charge >= 0.3 is 6.03 Å². The molecule has 1 N–H and O–H groups in total. The lowest BCUT2D eigenvalue weighted by Crippen LogP contribution is -2.67. The van der Waals surface area contributed by atoms with Gasteiger partial charge < -0.3 is 10.2 Å². The minimum Gasteiger partial charge on any atom is -0.322 e. The molecular weight excluding hydrogens is 280 g/mol. The van der Waals surface area contributed by atoms with Crippen LogP contribution < -0.4 is 5.32 Å². The quantitative estimate of drug-likeness (QED) is 0.763. The molecule has 5 saturated heterocycles. The Labute approximate surface area is 131 Å². The van der Waals surface area contributed by atoms with Crippen LogP contribution in [0.1, 0.15) is 32.6 Å². The minimum absolute atomic E-state index is 0.0190. The normalized spacial score (nSPS) is 39.8. The van der Waals surface area contributed by atoms with Crippen molar-refractivity contribution in [3.05, 3.63) is 0 Å². The highest BCUT2D eigenvalue weighted by atomic mass is 16.2. The molecule has 1 atom stereocenters. The van der Waals surface area contributed by atoms with Gasteiger partial charge in [-0.05, 0) is 50.6 Å². The summed E-state index contributed by atoms with van der Waals surface area (Å²) in [7, 11) is 0. The van der Waals surface area contributed by atoms with Crippen molar-refractivity contribution in [2.24, 2.45) is 11.8 Å². The third-order valence-corrected chi connectivity index (χ3v) is 6.18. The van der Waals surface area contributed by atoms with Gasteiger partial charge in [-0.15, -0.1) is 0 Å². The number of hydrogen-bond acceptors (Lipinski definition) is 4. The van der Waals surface area contributed by atoms with Crippen LogP contribution in [0.25, 0.3) is 0 Å². The molecule has 22 heavy (non-hydrogen) atoms. The summed E-state index contributed by atoms with van der Waals surface area (Å²) in [4.78, 5) is 31.5. The molecule has 122 valence electrons. The molecule has 5 heterocycles. The van der Waals surface area contributed by atoms with Gasteiger partial charge in [-0.3, -0.25) is 9.69 Å². The van der Waals surface area contributed by atoms with Crippen molar-refractivity contribution in [2.45, 2.75) is 38.1 Å². The third kappa shape index (κ3) is 2.15. The van der Waals surface area contributed by atoms with E-state index in [9.17, 15) is 9.59 Å². The van der Waals surface area contributed by atoms with Crippen LogP contribution in [0, 0.1) is 11.8 Å². The molecule has 5 rings (SSSR count). The number of nitrogens with one attached hydrogen (secondary N) is 1. The average molecular weight is 306 g/mol. The summed E-state index contributed by atoms with van der Waals surface area (Å²) in [6.07, 6.45) is 4.37. The van der Waals surface area contributed by atoms with Gasteiger partial charge in [-0.2, -0.15) is 0 Å². The number of rotatable bonds is 2. The molecule has 0 radical (unpaired) electrons. The van der Waals surface area contributed by atoms with E-state index >= 15 is 0 Å². The zero-order valence-corrected chi connectivity index (χ0v) is 13.4. The van der Waals surface area contributed by atoms with Gasteiger partial charge in [0.1, 0.15) is 5.54 Å². The standard InChI is InChI=1S/C16H26N4O2/c1-12-2-6-19(7-3-12)11-20-14(21)16(17-15(20)22)10-18-8-4-13(16)5-9-18/h12-13H,2-11H2,1H3,(H,17,22). The molecule has 1 unspecified atom stereocenters. The van der Waals surface area contributed by atoms with Gasteiger partial charge in [0.15, 0.2) is 0 Å². The van der Waals surface area contributed by atoms with Crippen molar-refractivity contribution >= 4 is 11.9 Å². The molecule has 5 aliphatic rings. The Morgan fingerprint density at radius 3 is 2.36 bits per heavy atom. The van der Waals surface area contributed by atoms with Gasteiger partial charge in [0.25, 0.3) is 5.91 Å². The van der Waals surface area contributed by atoms with Crippen LogP contribution in [0.5, 0.6) is 0 Å². The summed E-state index contributed by atoms with van der Waals surface area (Å²) < 4.78 is 0. The molecule has 0 aromatic heterocycles. The van der Waals surface area contributed by atoms with Crippen LogP contribution in [0.2, 0.25) is 0 Å². The van der Waals surface area contributed by atoms with Crippen molar-refractivity contribution < 1.29 is 9.59 Å². The minimum atomic E-state index is -0.628. The highest BCUT2D eigenvalue weighted by Crippen LogP contribution is 2.39. The molecule has 2 bridgehead atoms. The molecule has 0 saturated carbocycles. The van der Waals surface area contributed by atoms with Gasteiger partial charge in [-0.1, -0.05) is 6.92 Å². The Morgan fingerprint density at radius 2 is 1.77 bits per heavy atom. The lowest BCUT2D eigenvalue weighted by atomic mass is 9.73. The molecule has 3 amide bonds. The first-order valence-corrected chi connectivity index (χ1v) is 8.67. The number of imide groups is 1. The first-order valence-electron chi connectivity index (χ1n) is 8.67. The number of carbonyl (C=O) groups is 2. The zero-order chi connectivity index (χ0) is 15.3. The van der Waals surface area contributed by atoms with E-state index in [1.807, 2.05) is 0 Å². The number of nitrogens with zero attached hydrogens (tertiary/aromatic N) is 3. The third-order valence-electron chi connectivity index (χ3n) is 6.18. The Kier molecular flexibility index (Phi) is 3.42. The predicted molar refractivity (Wildman–Crippen MR) is 82.1 cm³/mol. The molecule has 0 aromatic carbocycles. The van der Waals surface area contributed by atoms with E-state index in [-0.39, 0.29) is 11.9 Å². The molecule has 5 fully saturated rings. The average Bonchev–Trinajstić information content (AvgIpc) is 2.75. The van der Waals surface area contributed by atoms with E-state index in [0.717, 1.165) is 57.8 Å². The van der Waals surface area contributed by atoms with Crippen LogP contribution >= 0.6 is 0 Å². The van der Waals surface area contributed by atoms with Crippen LogP contribution in [-0.2, 0) is 4.79 Å². The first kappa shape index (κ1) is 14.5. The Hall–Kier alpha value is -1.14. The zero-order valence-electron chi connectivity index (χ0n) is 13.4. The summed E-state index contributed by atoms with van der Waals surface area (Å²) in [5, 5.41) is 3.07. The fraction of sp³-hybridized carbons (Fsp3) is 0.875. The predicted octanol–water partition coefficient (Wildman–Crippen LogP) is 0.692. The second-order valence-corrected chi connectivity index (χ2v) is 7.63. The molecule has 0 aliphatic carbocycles. The molecule has 6 nitrogen and oxygen atoms in total. The van der Waals surface area contributed by atoms with Crippen molar-refractivity contribution in [1.82, 2.24) is 20.0 Å². The maximum atomic E-state index is 13.0. The maximum absolute atomic E-state index is 13.0. The van der Waals surface area contributed by atoms with Gasteiger partial charge in [0, 0.05) is 19.6 Å². The van der Waals surface area contributed by atoms with Crippen LogP contribution in [0.3, 0.4) is 0 Å². The van der Waals surface area contributed by atoms with E-state index in [4.69, 9.17) is 0 Å². The van der Waals surface area contributed by atoms with Crippen molar-refractivity contribution in [1.29, 1.82) is 0 Å². The lowest BCUT2D eigenvalue weighted by molar-refractivity contribution is -0.139. The number of fused-ring (bicyclic) bond motifs is 2. The summed E-state index contributed by atoms with van der Waals surface area (Å²) in [5.74, 6) is 1.10. The van der Waals surface area contributed by atoms with E-state index < -0.39 is 5.54 Å². The number of carbonyl (C=O) groups excluding carboxylic acids is 2. The number of likely N-dealkylation sites (tertiary alicyclic amines) is 1. The van der Waals surface area contributed by atoms with E-state index in [1.165, 1.54) is 4.90 Å². The highest BCUT2D eigenvalue weighted by molar-refractivity contribution is 6.07. The number of piperidine rings is 4. The van der Waals surface area contributed by atoms with E-state index in [0.29, 0.717) is 19.1 Å². The van der Waals surface area contributed by atoms with Crippen molar-refractivity contribution in [3.8, 4) is 0 Å². The molecular formula is C16H26N4O2. The van der Waals surface area contributed by atoms with Gasteiger partial charge in [0.2, 0.25) is 0 Å². The van der Waals surface area contributed by atoms with Gasteiger partial charge in [-0.25, -0.2) is 9.69 Å². The van der Waals surface area contributed by atoms with E-state index in [1.54, 1.807) is 0 Å².